The van der Waals surface area contributed by atoms with Gasteiger partial charge in [0.25, 0.3) is 0 Å². The molecule has 2 aromatic carbocycles. The van der Waals surface area contributed by atoms with Crippen LogP contribution in [0.2, 0.25) is 0 Å². The van der Waals surface area contributed by atoms with E-state index in [2.05, 4.69) is 66.8 Å². The average Bonchev–Trinajstić information content (AvgIpc) is 2.41. The van der Waals surface area contributed by atoms with Crippen LogP contribution in [-0.4, -0.2) is 6.54 Å². The van der Waals surface area contributed by atoms with E-state index in [0.29, 0.717) is 5.92 Å². The molecule has 0 heterocycles. The molecule has 0 amide bonds. The third kappa shape index (κ3) is 3.63. The Morgan fingerprint density at radius 2 is 1.47 bits per heavy atom. The summed E-state index contributed by atoms with van der Waals surface area (Å²) in [6.45, 7) is 3.29. The van der Waals surface area contributed by atoms with Crippen LogP contribution in [0.1, 0.15) is 24.8 Å². The van der Waals surface area contributed by atoms with Crippen molar-refractivity contribution in [2.75, 3.05) is 11.9 Å². The first kappa shape index (κ1) is 11.7. The van der Waals surface area contributed by atoms with Gasteiger partial charge in [-0.15, -0.1) is 0 Å². The molecule has 17 heavy (non-hydrogen) atoms. The van der Waals surface area contributed by atoms with Crippen molar-refractivity contribution in [3.63, 3.8) is 0 Å². The van der Waals surface area contributed by atoms with Crippen molar-refractivity contribution in [1.29, 1.82) is 0 Å². The van der Waals surface area contributed by atoms with Gasteiger partial charge in [0.15, 0.2) is 0 Å². The molecule has 0 saturated carbocycles. The van der Waals surface area contributed by atoms with Gasteiger partial charge in [-0.3, -0.25) is 0 Å². The summed E-state index contributed by atoms with van der Waals surface area (Å²) in [5.74, 6) is 0.604. The van der Waals surface area contributed by atoms with Crippen LogP contribution in [0.15, 0.2) is 60.7 Å². The Kier molecular flexibility index (Phi) is 4.20. The number of anilines is 1. The summed E-state index contributed by atoms with van der Waals surface area (Å²) >= 11 is 0. The normalized spacial score (nSPS) is 12.1. The van der Waals surface area contributed by atoms with E-state index >= 15 is 0 Å². The van der Waals surface area contributed by atoms with Crippen LogP contribution in [0, 0.1) is 0 Å². The number of hydrogen-bond acceptors (Lipinski definition) is 1. The van der Waals surface area contributed by atoms with E-state index < -0.39 is 0 Å². The molecule has 2 aromatic rings. The van der Waals surface area contributed by atoms with Crippen LogP contribution in [-0.2, 0) is 0 Å². The largest absolute Gasteiger partial charge is 0.385 e. The van der Waals surface area contributed by atoms with Crippen LogP contribution in [0.25, 0.3) is 0 Å². The van der Waals surface area contributed by atoms with Crippen molar-refractivity contribution in [3.8, 4) is 0 Å². The Balaban J connectivity index is 1.79. The first-order valence-corrected chi connectivity index (χ1v) is 6.20. The summed E-state index contributed by atoms with van der Waals surface area (Å²) in [5, 5.41) is 3.45. The Hall–Kier alpha value is -1.76. The highest BCUT2D eigenvalue weighted by Gasteiger charge is 2.03. The maximum Gasteiger partial charge on any atom is 0.0340 e. The highest BCUT2D eigenvalue weighted by Crippen LogP contribution is 2.18. The molecule has 0 bridgehead atoms. The van der Waals surface area contributed by atoms with Crippen LogP contribution in [0.4, 0.5) is 5.69 Å². The van der Waals surface area contributed by atoms with Crippen molar-refractivity contribution in [2.24, 2.45) is 0 Å². The van der Waals surface area contributed by atoms with Gasteiger partial charge in [-0.1, -0.05) is 55.5 Å². The quantitative estimate of drug-likeness (QED) is 0.800. The predicted octanol–water partition coefficient (Wildman–Crippen LogP) is 4.29. The standard InChI is InChI=1S/C16H19N/c1-14(15-8-4-2-5-9-15)12-13-17-16-10-6-3-7-11-16/h2-11,14,17H,12-13H2,1H3. The monoisotopic (exact) mass is 225 g/mol. The SMILES string of the molecule is CC(CCNc1ccccc1)c1ccccc1. The minimum Gasteiger partial charge on any atom is -0.385 e. The van der Waals surface area contributed by atoms with Gasteiger partial charge in [-0.25, -0.2) is 0 Å². The molecule has 1 heteroatoms. The fourth-order valence-electron chi connectivity index (χ4n) is 1.94. The molecule has 0 spiro atoms. The molecule has 0 aliphatic heterocycles. The Bertz CT molecular complexity index is 422. The third-order valence-corrected chi connectivity index (χ3v) is 3.05. The van der Waals surface area contributed by atoms with E-state index in [-0.39, 0.29) is 0 Å². The van der Waals surface area contributed by atoms with Gasteiger partial charge >= 0.3 is 0 Å². The zero-order valence-corrected chi connectivity index (χ0v) is 10.3. The Labute approximate surface area is 103 Å². The van der Waals surface area contributed by atoms with Gasteiger partial charge in [0, 0.05) is 12.2 Å². The second kappa shape index (κ2) is 6.09. The van der Waals surface area contributed by atoms with E-state index in [1.807, 2.05) is 6.07 Å². The van der Waals surface area contributed by atoms with E-state index in [1.54, 1.807) is 0 Å². The third-order valence-electron chi connectivity index (χ3n) is 3.05. The summed E-state index contributed by atoms with van der Waals surface area (Å²) in [4.78, 5) is 0. The lowest BCUT2D eigenvalue weighted by Gasteiger charge is -2.12. The van der Waals surface area contributed by atoms with E-state index in [9.17, 15) is 0 Å². The summed E-state index contributed by atoms with van der Waals surface area (Å²) in [6.07, 6.45) is 1.15. The van der Waals surface area contributed by atoms with Gasteiger partial charge < -0.3 is 5.32 Å². The van der Waals surface area contributed by atoms with Crippen molar-refractivity contribution in [2.45, 2.75) is 19.3 Å². The van der Waals surface area contributed by atoms with Crippen molar-refractivity contribution in [3.05, 3.63) is 66.2 Å². The van der Waals surface area contributed by atoms with Crippen LogP contribution >= 0.6 is 0 Å². The average molecular weight is 225 g/mol. The number of benzene rings is 2. The fraction of sp³-hybridized carbons (Fsp3) is 0.250. The second-order valence-electron chi connectivity index (χ2n) is 4.39. The first-order valence-electron chi connectivity index (χ1n) is 6.20. The number of hydrogen-bond donors (Lipinski definition) is 1. The molecule has 0 aromatic heterocycles. The minimum absolute atomic E-state index is 0.604. The molecule has 88 valence electrons. The highest BCUT2D eigenvalue weighted by molar-refractivity contribution is 5.42. The molecule has 0 saturated heterocycles. The summed E-state index contributed by atoms with van der Waals surface area (Å²) < 4.78 is 0. The maximum atomic E-state index is 3.45. The van der Waals surface area contributed by atoms with Gasteiger partial charge in [0.05, 0.1) is 0 Å². The fourth-order valence-corrected chi connectivity index (χ4v) is 1.94. The van der Waals surface area contributed by atoms with Gasteiger partial charge in [0.2, 0.25) is 0 Å². The van der Waals surface area contributed by atoms with Crippen LogP contribution in [0.5, 0.6) is 0 Å². The molecule has 1 nitrogen and oxygen atoms in total. The summed E-state index contributed by atoms with van der Waals surface area (Å²) in [7, 11) is 0. The summed E-state index contributed by atoms with van der Waals surface area (Å²) in [5.41, 5.74) is 2.62. The molecule has 0 fully saturated rings. The Morgan fingerprint density at radius 1 is 0.882 bits per heavy atom. The lowest BCUT2D eigenvalue weighted by Crippen LogP contribution is -2.05. The van der Waals surface area contributed by atoms with Crippen molar-refractivity contribution < 1.29 is 0 Å². The zero-order valence-electron chi connectivity index (χ0n) is 10.3. The predicted molar refractivity (Wildman–Crippen MR) is 74.4 cm³/mol. The molecular formula is C16H19N. The first-order chi connectivity index (χ1) is 8.36. The maximum absolute atomic E-state index is 3.45. The number of rotatable bonds is 5. The molecule has 1 N–H and O–H groups in total. The van der Waals surface area contributed by atoms with Crippen molar-refractivity contribution in [1.82, 2.24) is 0 Å². The Morgan fingerprint density at radius 3 is 2.12 bits per heavy atom. The molecule has 2 rings (SSSR count). The van der Waals surface area contributed by atoms with Gasteiger partial charge in [-0.05, 0) is 30.0 Å². The van der Waals surface area contributed by atoms with Gasteiger partial charge in [0.1, 0.15) is 0 Å². The van der Waals surface area contributed by atoms with E-state index in [4.69, 9.17) is 0 Å². The van der Waals surface area contributed by atoms with E-state index in [0.717, 1.165) is 13.0 Å². The smallest absolute Gasteiger partial charge is 0.0340 e. The molecule has 1 atom stereocenters. The van der Waals surface area contributed by atoms with Crippen LogP contribution in [0.3, 0.4) is 0 Å². The molecule has 0 aliphatic rings. The lowest BCUT2D eigenvalue weighted by molar-refractivity contribution is 0.706. The number of para-hydroxylation sites is 1. The van der Waals surface area contributed by atoms with Crippen molar-refractivity contribution >= 4 is 5.69 Å². The van der Waals surface area contributed by atoms with E-state index in [1.165, 1.54) is 11.3 Å². The molecule has 0 aliphatic carbocycles. The van der Waals surface area contributed by atoms with Crippen LogP contribution < -0.4 is 5.32 Å². The number of nitrogens with one attached hydrogen (secondary N) is 1. The summed E-state index contributed by atoms with van der Waals surface area (Å²) in [6, 6.07) is 21.1. The molecule has 1 unspecified atom stereocenters. The zero-order chi connectivity index (χ0) is 11.9. The lowest BCUT2D eigenvalue weighted by atomic mass is 9.98. The topological polar surface area (TPSA) is 12.0 Å². The minimum atomic E-state index is 0.604. The molecule has 0 radical (unpaired) electrons. The highest BCUT2D eigenvalue weighted by atomic mass is 14.9. The molecular weight excluding hydrogens is 206 g/mol. The second-order valence-corrected chi connectivity index (χ2v) is 4.39. The van der Waals surface area contributed by atoms with Gasteiger partial charge in [-0.2, -0.15) is 0 Å².